The second-order valence-corrected chi connectivity index (χ2v) is 6.85. The van der Waals surface area contributed by atoms with Gasteiger partial charge in [-0.2, -0.15) is 0 Å². The van der Waals surface area contributed by atoms with Crippen molar-refractivity contribution in [3.05, 3.63) is 33.8 Å². The van der Waals surface area contributed by atoms with Gasteiger partial charge >= 0.3 is 0 Å². The zero-order valence-corrected chi connectivity index (χ0v) is 12.9. The van der Waals surface area contributed by atoms with Gasteiger partial charge in [0.25, 0.3) is 0 Å². The summed E-state index contributed by atoms with van der Waals surface area (Å²) in [6, 6.07) is 2.38. The lowest BCUT2D eigenvalue weighted by Crippen LogP contribution is -2.47. The van der Waals surface area contributed by atoms with Crippen molar-refractivity contribution in [3.63, 3.8) is 0 Å². The number of amidine groups is 1. The van der Waals surface area contributed by atoms with Crippen LogP contribution in [-0.2, 0) is 10.3 Å². The summed E-state index contributed by atoms with van der Waals surface area (Å²) in [5.41, 5.74) is 5.50. The normalized spacial score (nSPS) is 29.8. The lowest BCUT2D eigenvalue weighted by atomic mass is 9.75. The molecule has 3 nitrogen and oxygen atoms in total. The van der Waals surface area contributed by atoms with Crippen LogP contribution in [0, 0.1) is 17.6 Å². The molecule has 0 aromatic heterocycles. The lowest BCUT2D eigenvalue weighted by molar-refractivity contribution is 0.00879. The van der Waals surface area contributed by atoms with E-state index in [9.17, 15) is 8.78 Å². The van der Waals surface area contributed by atoms with E-state index in [1.165, 1.54) is 17.8 Å². The molecule has 0 saturated carbocycles. The van der Waals surface area contributed by atoms with Crippen molar-refractivity contribution in [2.24, 2.45) is 16.6 Å². The van der Waals surface area contributed by atoms with Gasteiger partial charge in [-0.25, -0.2) is 8.78 Å². The molecule has 0 radical (unpaired) electrons. The van der Waals surface area contributed by atoms with Gasteiger partial charge in [0, 0.05) is 36.3 Å². The minimum absolute atomic E-state index is 0.0420. The third-order valence-electron chi connectivity index (χ3n) is 3.84. The SMILES string of the molecule is NC1=NC2(c3cc(Br)c(F)cc3F)CCOCC2CS1. The number of fused-ring (bicyclic) bond motifs is 1. The Morgan fingerprint density at radius 2 is 2.20 bits per heavy atom. The summed E-state index contributed by atoms with van der Waals surface area (Å²) in [6.07, 6.45) is 0.550. The number of hydrogen-bond donors (Lipinski definition) is 1. The molecule has 1 aromatic carbocycles. The average Bonchev–Trinajstić information content (AvgIpc) is 2.42. The molecule has 1 aromatic rings. The molecule has 2 aliphatic heterocycles. The molecular weight excluding hydrogens is 350 g/mol. The number of nitrogens with two attached hydrogens (primary N) is 1. The number of halogens is 3. The van der Waals surface area contributed by atoms with Crippen molar-refractivity contribution in [1.29, 1.82) is 0 Å². The van der Waals surface area contributed by atoms with Crippen LogP contribution in [-0.4, -0.2) is 24.1 Å². The third-order valence-corrected chi connectivity index (χ3v) is 5.40. The summed E-state index contributed by atoms with van der Waals surface area (Å²) in [5.74, 6) is -0.432. The number of aliphatic imine (C=N–C) groups is 1. The smallest absolute Gasteiger partial charge is 0.154 e. The first-order valence-corrected chi connectivity index (χ1v) is 8.02. The maximum atomic E-state index is 14.3. The van der Waals surface area contributed by atoms with Gasteiger partial charge in [-0.3, -0.25) is 4.99 Å². The zero-order valence-electron chi connectivity index (χ0n) is 10.5. The van der Waals surface area contributed by atoms with Crippen LogP contribution in [0.2, 0.25) is 0 Å². The lowest BCUT2D eigenvalue weighted by Gasteiger charge is -2.43. The maximum Gasteiger partial charge on any atom is 0.154 e. The Morgan fingerprint density at radius 3 is 3.00 bits per heavy atom. The molecule has 0 spiro atoms. The Kier molecular flexibility index (Phi) is 3.77. The maximum absolute atomic E-state index is 14.3. The molecular formula is C13H13BrF2N2OS. The highest BCUT2D eigenvalue weighted by atomic mass is 79.9. The van der Waals surface area contributed by atoms with Gasteiger partial charge in [0.05, 0.1) is 16.6 Å². The average molecular weight is 363 g/mol. The molecule has 0 bridgehead atoms. The first-order chi connectivity index (χ1) is 9.53. The molecule has 108 valence electrons. The summed E-state index contributed by atoms with van der Waals surface area (Å²) in [4.78, 5) is 4.53. The van der Waals surface area contributed by atoms with Crippen LogP contribution in [0.15, 0.2) is 21.6 Å². The second kappa shape index (κ2) is 5.27. The van der Waals surface area contributed by atoms with Crippen molar-refractivity contribution in [2.75, 3.05) is 19.0 Å². The number of thioether (sulfide) groups is 1. The summed E-state index contributed by atoms with van der Waals surface area (Å²) in [7, 11) is 0. The van der Waals surface area contributed by atoms with E-state index in [1.807, 2.05) is 0 Å². The Morgan fingerprint density at radius 1 is 1.40 bits per heavy atom. The highest BCUT2D eigenvalue weighted by Crippen LogP contribution is 2.46. The van der Waals surface area contributed by atoms with E-state index >= 15 is 0 Å². The molecule has 3 rings (SSSR count). The van der Waals surface area contributed by atoms with Crippen LogP contribution in [0.3, 0.4) is 0 Å². The van der Waals surface area contributed by atoms with E-state index in [0.717, 1.165) is 11.8 Å². The molecule has 2 unspecified atom stereocenters. The first kappa shape index (κ1) is 14.3. The minimum Gasteiger partial charge on any atom is -0.381 e. The van der Waals surface area contributed by atoms with E-state index < -0.39 is 17.2 Å². The van der Waals surface area contributed by atoms with Crippen molar-refractivity contribution >= 4 is 32.9 Å². The molecule has 2 atom stereocenters. The Hall–Kier alpha value is -0.660. The summed E-state index contributed by atoms with van der Waals surface area (Å²) in [6.45, 7) is 1.00. The largest absolute Gasteiger partial charge is 0.381 e. The second-order valence-electron chi connectivity index (χ2n) is 4.95. The van der Waals surface area contributed by atoms with Gasteiger partial charge in [-0.15, -0.1) is 0 Å². The van der Waals surface area contributed by atoms with Gasteiger partial charge in [0.15, 0.2) is 5.17 Å². The minimum atomic E-state index is -0.742. The number of rotatable bonds is 1. The van der Waals surface area contributed by atoms with Crippen molar-refractivity contribution < 1.29 is 13.5 Å². The Balaban J connectivity index is 2.17. The molecule has 1 fully saturated rings. The van der Waals surface area contributed by atoms with Crippen LogP contribution in [0.1, 0.15) is 12.0 Å². The highest BCUT2D eigenvalue weighted by Gasteiger charge is 2.47. The molecule has 20 heavy (non-hydrogen) atoms. The molecule has 2 aliphatic rings. The van der Waals surface area contributed by atoms with Crippen LogP contribution in [0.25, 0.3) is 0 Å². The summed E-state index contributed by atoms with van der Waals surface area (Å²) in [5, 5.41) is 0.447. The fourth-order valence-corrected chi connectivity index (χ4v) is 4.13. The molecule has 2 heterocycles. The quantitative estimate of drug-likeness (QED) is 0.781. The van der Waals surface area contributed by atoms with Gasteiger partial charge in [0.2, 0.25) is 0 Å². The third kappa shape index (κ3) is 2.25. The highest BCUT2D eigenvalue weighted by molar-refractivity contribution is 9.10. The summed E-state index contributed by atoms with van der Waals surface area (Å²) < 4.78 is 33.5. The van der Waals surface area contributed by atoms with E-state index in [-0.39, 0.29) is 10.4 Å². The van der Waals surface area contributed by atoms with Crippen LogP contribution in [0.5, 0.6) is 0 Å². The van der Waals surface area contributed by atoms with Gasteiger partial charge < -0.3 is 10.5 Å². The molecule has 2 N–H and O–H groups in total. The van der Waals surface area contributed by atoms with E-state index in [2.05, 4.69) is 20.9 Å². The van der Waals surface area contributed by atoms with E-state index in [4.69, 9.17) is 10.5 Å². The van der Waals surface area contributed by atoms with E-state index in [1.54, 1.807) is 0 Å². The number of nitrogens with zero attached hydrogens (tertiary/aromatic N) is 1. The van der Waals surface area contributed by atoms with Crippen molar-refractivity contribution in [3.8, 4) is 0 Å². The topological polar surface area (TPSA) is 47.6 Å². The Bertz CT molecular complexity index is 584. The fourth-order valence-electron chi connectivity index (χ4n) is 2.81. The number of benzene rings is 1. The molecule has 0 amide bonds. The zero-order chi connectivity index (χ0) is 14.3. The molecule has 0 aliphatic carbocycles. The van der Waals surface area contributed by atoms with Gasteiger partial charge in [-0.05, 0) is 22.0 Å². The predicted molar refractivity (Wildman–Crippen MR) is 78.7 cm³/mol. The fraction of sp³-hybridized carbons (Fsp3) is 0.462. The first-order valence-electron chi connectivity index (χ1n) is 6.24. The van der Waals surface area contributed by atoms with Gasteiger partial charge in [-0.1, -0.05) is 11.8 Å². The van der Waals surface area contributed by atoms with Gasteiger partial charge in [0.1, 0.15) is 11.6 Å². The Labute approximate surface area is 128 Å². The number of ether oxygens (including phenoxy) is 1. The molecule has 1 saturated heterocycles. The standard InChI is InChI=1S/C13H13BrF2N2OS/c14-9-3-8(10(15)4-11(9)16)13-1-2-19-5-7(13)6-20-12(17)18-13/h3-4,7H,1-2,5-6H2,(H2,17,18). The molecule has 7 heteroatoms. The van der Waals surface area contributed by atoms with Crippen molar-refractivity contribution in [2.45, 2.75) is 12.0 Å². The predicted octanol–water partition coefficient (Wildman–Crippen LogP) is 3.02. The number of hydrogen-bond acceptors (Lipinski definition) is 4. The summed E-state index contributed by atoms with van der Waals surface area (Å²) >= 11 is 4.57. The van der Waals surface area contributed by atoms with Crippen LogP contribution in [0.4, 0.5) is 8.78 Å². The van der Waals surface area contributed by atoms with Crippen LogP contribution < -0.4 is 5.73 Å². The van der Waals surface area contributed by atoms with Crippen LogP contribution >= 0.6 is 27.7 Å². The monoisotopic (exact) mass is 362 g/mol. The van der Waals surface area contributed by atoms with E-state index in [0.29, 0.717) is 30.4 Å². The van der Waals surface area contributed by atoms with Crippen molar-refractivity contribution in [1.82, 2.24) is 0 Å².